The van der Waals surface area contributed by atoms with Gasteiger partial charge >= 0.3 is 6.03 Å². The first-order valence-corrected chi connectivity index (χ1v) is 8.03. The standard InChI is InChI=1S/C7H15N3OSSi/c1-9-5-8-6(12)10(7(9)11)13(2,3)4/h5H2,1-4H3,(H,8,12). The molecule has 0 aliphatic carbocycles. The lowest BCUT2D eigenvalue weighted by Crippen LogP contribution is -2.65. The van der Waals surface area contributed by atoms with Gasteiger partial charge in [0.05, 0.1) is 6.67 Å². The van der Waals surface area contributed by atoms with E-state index in [0.717, 1.165) is 0 Å². The van der Waals surface area contributed by atoms with Gasteiger partial charge in [0.15, 0.2) is 13.3 Å². The minimum Gasteiger partial charge on any atom is -0.345 e. The Morgan fingerprint density at radius 3 is 2.38 bits per heavy atom. The van der Waals surface area contributed by atoms with E-state index in [4.69, 9.17) is 12.2 Å². The molecule has 74 valence electrons. The molecule has 1 N–H and O–H groups in total. The van der Waals surface area contributed by atoms with Gasteiger partial charge in [-0.3, -0.25) is 0 Å². The zero-order valence-electron chi connectivity index (χ0n) is 8.42. The lowest BCUT2D eigenvalue weighted by Gasteiger charge is -2.41. The van der Waals surface area contributed by atoms with Crippen molar-refractivity contribution < 1.29 is 4.79 Å². The van der Waals surface area contributed by atoms with Gasteiger partial charge in [0.1, 0.15) is 0 Å². The summed E-state index contributed by atoms with van der Waals surface area (Å²) < 4.78 is 1.73. The van der Waals surface area contributed by atoms with E-state index in [0.29, 0.717) is 11.8 Å². The Balaban J connectivity index is 2.91. The van der Waals surface area contributed by atoms with E-state index in [2.05, 4.69) is 25.0 Å². The summed E-state index contributed by atoms with van der Waals surface area (Å²) in [6, 6.07) is 0.0166. The van der Waals surface area contributed by atoms with Crippen LogP contribution in [0, 0.1) is 0 Å². The molecular formula is C7H15N3OSSi. The number of carbonyl (C=O) groups excluding carboxylic acids is 1. The molecule has 0 aromatic heterocycles. The molecule has 1 aliphatic heterocycles. The number of nitrogens with zero attached hydrogens (tertiary/aromatic N) is 2. The van der Waals surface area contributed by atoms with Gasteiger partial charge < -0.3 is 14.8 Å². The highest BCUT2D eigenvalue weighted by atomic mass is 32.1. The van der Waals surface area contributed by atoms with Crippen LogP contribution in [0.5, 0.6) is 0 Å². The van der Waals surface area contributed by atoms with Gasteiger partial charge in [0, 0.05) is 7.05 Å². The van der Waals surface area contributed by atoms with Crippen LogP contribution in [0.4, 0.5) is 4.79 Å². The van der Waals surface area contributed by atoms with Crippen molar-refractivity contribution >= 4 is 31.6 Å². The maximum absolute atomic E-state index is 11.7. The van der Waals surface area contributed by atoms with Gasteiger partial charge in [0.2, 0.25) is 0 Å². The lowest BCUT2D eigenvalue weighted by molar-refractivity contribution is 0.191. The molecule has 0 saturated carbocycles. The third-order valence-electron chi connectivity index (χ3n) is 1.86. The zero-order valence-corrected chi connectivity index (χ0v) is 10.2. The van der Waals surface area contributed by atoms with Gasteiger partial charge in [0.25, 0.3) is 0 Å². The van der Waals surface area contributed by atoms with Gasteiger partial charge in [-0.25, -0.2) is 4.79 Å². The van der Waals surface area contributed by atoms with Crippen LogP contribution in [-0.4, -0.2) is 42.6 Å². The Kier molecular flexibility index (Phi) is 2.62. The number of rotatable bonds is 1. The number of amides is 2. The maximum Gasteiger partial charge on any atom is 0.319 e. The van der Waals surface area contributed by atoms with Crippen molar-refractivity contribution in [2.45, 2.75) is 19.6 Å². The van der Waals surface area contributed by atoms with Crippen LogP contribution in [0.2, 0.25) is 19.6 Å². The third-order valence-corrected chi connectivity index (χ3v) is 4.10. The first-order valence-electron chi connectivity index (χ1n) is 4.17. The minimum atomic E-state index is -1.69. The smallest absolute Gasteiger partial charge is 0.319 e. The average molecular weight is 217 g/mol. The third kappa shape index (κ3) is 2.00. The van der Waals surface area contributed by atoms with E-state index in [-0.39, 0.29) is 6.03 Å². The molecule has 4 nitrogen and oxygen atoms in total. The summed E-state index contributed by atoms with van der Waals surface area (Å²) in [7, 11) is 0.0822. The van der Waals surface area contributed by atoms with E-state index < -0.39 is 8.24 Å². The van der Waals surface area contributed by atoms with E-state index in [1.165, 1.54) is 0 Å². The number of nitrogens with one attached hydrogen (secondary N) is 1. The normalized spacial score (nSPS) is 19.1. The van der Waals surface area contributed by atoms with Crippen molar-refractivity contribution in [2.75, 3.05) is 13.7 Å². The second kappa shape index (κ2) is 3.26. The SMILES string of the molecule is CN1CNC(=S)N([Si](C)(C)C)C1=O. The second-order valence-corrected chi connectivity index (χ2v) is 9.30. The van der Waals surface area contributed by atoms with Crippen LogP contribution in [-0.2, 0) is 0 Å². The number of hydrogen-bond donors (Lipinski definition) is 1. The van der Waals surface area contributed by atoms with Gasteiger partial charge in [-0.15, -0.1) is 0 Å². The summed E-state index contributed by atoms with van der Waals surface area (Å²) in [6.45, 7) is 6.80. The van der Waals surface area contributed by atoms with Crippen molar-refractivity contribution in [3.63, 3.8) is 0 Å². The molecule has 2 amide bonds. The molecule has 13 heavy (non-hydrogen) atoms. The van der Waals surface area contributed by atoms with Gasteiger partial charge in [-0.2, -0.15) is 0 Å². The maximum atomic E-state index is 11.7. The monoisotopic (exact) mass is 217 g/mol. The van der Waals surface area contributed by atoms with Crippen LogP contribution in [0.1, 0.15) is 0 Å². The highest BCUT2D eigenvalue weighted by molar-refractivity contribution is 7.80. The summed E-state index contributed by atoms with van der Waals surface area (Å²) in [5.41, 5.74) is 0. The van der Waals surface area contributed by atoms with Crippen molar-refractivity contribution in [2.24, 2.45) is 0 Å². The zero-order chi connectivity index (χ0) is 10.2. The topological polar surface area (TPSA) is 35.6 Å². The van der Waals surface area contributed by atoms with E-state index in [1.807, 2.05) is 0 Å². The fourth-order valence-electron chi connectivity index (χ4n) is 1.18. The molecular weight excluding hydrogens is 202 g/mol. The molecule has 1 rings (SSSR count). The van der Waals surface area contributed by atoms with Crippen LogP contribution in [0.15, 0.2) is 0 Å². The highest BCUT2D eigenvalue weighted by Gasteiger charge is 2.36. The average Bonchev–Trinajstić information content (AvgIpc) is 1.95. The van der Waals surface area contributed by atoms with Crippen LogP contribution >= 0.6 is 12.2 Å². The predicted octanol–water partition coefficient (Wildman–Crippen LogP) is 1.02. The van der Waals surface area contributed by atoms with Crippen LogP contribution in [0.3, 0.4) is 0 Å². The summed E-state index contributed by atoms with van der Waals surface area (Å²) >= 11 is 5.11. The van der Waals surface area contributed by atoms with Crippen molar-refractivity contribution in [3.05, 3.63) is 0 Å². The van der Waals surface area contributed by atoms with Gasteiger partial charge in [-0.1, -0.05) is 19.6 Å². The molecule has 6 heteroatoms. The first kappa shape index (κ1) is 10.5. The molecule has 0 unspecified atom stereocenters. The fourth-order valence-corrected chi connectivity index (χ4v) is 3.58. The molecule has 0 aromatic rings. The van der Waals surface area contributed by atoms with Crippen molar-refractivity contribution in [1.82, 2.24) is 14.8 Å². The van der Waals surface area contributed by atoms with Crippen LogP contribution in [0.25, 0.3) is 0 Å². The van der Waals surface area contributed by atoms with Gasteiger partial charge in [-0.05, 0) is 12.2 Å². The number of thiocarbonyl (C=S) groups is 1. The van der Waals surface area contributed by atoms with Crippen LogP contribution < -0.4 is 5.32 Å². The Labute approximate surface area is 85.0 Å². The Hall–Kier alpha value is -0.623. The highest BCUT2D eigenvalue weighted by Crippen LogP contribution is 2.14. The summed E-state index contributed by atoms with van der Waals surface area (Å²) in [5.74, 6) is 0. The molecule has 0 aromatic carbocycles. The molecule has 0 radical (unpaired) electrons. The number of hydrogen-bond acceptors (Lipinski definition) is 2. The van der Waals surface area contributed by atoms with E-state index in [1.54, 1.807) is 16.5 Å². The van der Waals surface area contributed by atoms with E-state index in [9.17, 15) is 4.79 Å². The second-order valence-electron chi connectivity index (χ2n) is 4.13. The Bertz CT molecular complexity index is 251. The molecule has 1 saturated heterocycles. The number of urea groups is 1. The molecule has 0 spiro atoms. The summed E-state index contributed by atoms with van der Waals surface area (Å²) in [5, 5.41) is 3.59. The number of carbonyl (C=O) groups is 1. The first-order chi connectivity index (χ1) is 5.84. The molecule has 1 fully saturated rings. The summed E-state index contributed by atoms with van der Waals surface area (Å²) in [6.07, 6.45) is 0. The van der Waals surface area contributed by atoms with E-state index >= 15 is 0 Å². The molecule has 1 aliphatic rings. The van der Waals surface area contributed by atoms with Crippen molar-refractivity contribution in [3.8, 4) is 0 Å². The minimum absolute atomic E-state index is 0.0166. The molecule has 1 heterocycles. The predicted molar refractivity (Wildman–Crippen MR) is 58.9 cm³/mol. The molecule has 0 atom stereocenters. The quantitative estimate of drug-likeness (QED) is 0.526. The van der Waals surface area contributed by atoms with Crippen molar-refractivity contribution in [1.29, 1.82) is 0 Å². The lowest BCUT2D eigenvalue weighted by atomic mass is 10.7. The fraction of sp³-hybridized carbons (Fsp3) is 0.714. The Morgan fingerprint density at radius 2 is 2.00 bits per heavy atom. The summed E-state index contributed by atoms with van der Waals surface area (Å²) in [4.78, 5) is 13.4. The molecule has 0 bridgehead atoms. The Morgan fingerprint density at radius 1 is 1.46 bits per heavy atom. The largest absolute Gasteiger partial charge is 0.345 e.